The van der Waals surface area contributed by atoms with Gasteiger partial charge in [-0.1, -0.05) is 18.9 Å². The predicted molar refractivity (Wildman–Crippen MR) is 133 cm³/mol. The molecule has 0 spiro atoms. The number of carbonyl (C=O) groups excluding carboxylic acids is 2. The summed E-state index contributed by atoms with van der Waals surface area (Å²) in [5.41, 5.74) is 7.30. The fourth-order valence-corrected chi connectivity index (χ4v) is 6.19. The molecule has 2 amide bonds. The molecule has 3 aliphatic rings. The van der Waals surface area contributed by atoms with Crippen LogP contribution in [0.4, 0.5) is 8.78 Å². The number of nitrogens with zero attached hydrogens (tertiary/aromatic N) is 5. The van der Waals surface area contributed by atoms with Crippen LogP contribution >= 0.6 is 0 Å². The van der Waals surface area contributed by atoms with Crippen molar-refractivity contribution in [3.63, 3.8) is 0 Å². The molecule has 4 atom stereocenters. The molecule has 1 aliphatic carbocycles. The van der Waals surface area contributed by atoms with Gasteiger partial charge in [-0.3, -0.25) is 15.0 Å². The molecule has 4 heterocycles. The Morgan fingerprint density at radius 1 is 1.13 bits per heavy atom. The first-order chi connectivity index (χ1) is 18.4. The monoisotopic (exact) mass is 521 g/mol. The number of carbonyl (C=O) groups is 2. The summed E-state index contributed by atoms with van der Waals surface area (Å²) in [6, 6.07) is 7.37. The first-order valence-electron chi connectivity index (χ1n) is 13.1. The highest BCUT2D eigenvalue weighted by molar-refractivity contribution is 5.94. The van der Waals surface area contributed by atoms with E-state index < -0.39 is 17.5 Å². The van der Waals surface area contributed by atoms with E-state index in [-0.39, 0.29) is 41.9 Å². The molecule has 2 aromatic heterocycles. The zero-order valence-corrected chi connectivity index (χ0v) is 21.0. The fourth-order valence-electron chi connectivity index (χ4n) is 6.19. The molecule has 0 radical (unpaired) electrons. The van der Waals surface area contributed by atoms with E-state index in [1.807, 2.05) is 11.5 Å². The third-order valence-corrected chi connectivity index (χ3v) is 8.04. The van der Waals surface area contributed by atoms with Gasteiger partial charge in [0.2, 0.25) is 5.91 Å². The molecule has 2 aliphatic heterocycles. The van der Waals surface area contributed by atoms with E-state index in [0.29, 0.717) is 30.3 Å². The van der Waals surface area contributed by atoms with Crippen molar-refractivity contribution in [3.05, 3.63) is 65.1 Å². The molecular formula is C27H29F2N7O2. The topological polar surface area (TPSA) is 105 Å². The maximum absolute atomic E-state index is 14.9. The molecule has 0 bridgehead atoms. The molecule has 9 nitrogen and oxygen atoms in total. The summed E-state index contributed by atoms with van der Waals surface area (Å²) in [6.45, 7) is 2.43. The van der Waals surface area contributed by atoms with Gasteiger partial charge in [-0.05, 0) is 61.9 Å². The average molecular weight is 522 g/mol. The SMILES string of the molecule is CC1CN(C(=O)c2cc(CC3NNC(=O)C4CCCCC34)ccc2F)Cc2nnc(-c3ccc(F)cn3)n21. The van der Waals surface area contributed by atoms with Gasteiger partial charge in [-0.15, -0.1) is 10.2 Å². The summed E-state index contributed by atoms with van der Waals surface area (Å²) in [5, 5.41) is 8.47. The van der Waals surface area contributed by atoms with Crippen molar-refractivity contribution in [1.82, 2.24) is 35.5 Å². The lowest BCUT2D eigenvalue weighted by molar-refractivity contribution is -0.133. The summed E-state index contributed by atoms with van der Waals surface area (Å²) in [7, 11) is 0. The summed E-state index contributed by atoms with van der Waals surface area (Å²) >= 11 is 0. The van der Waals surface area contributed by atoms with Crippen LogP contribution in [-0.2, 0) is 17.8 Å². The van der Waals surface area contributed by atoms with Crippen molar-refractivity contribution >= 4 is 11.8 Å². The van der Waals surface area contributed by atoms with Crippen LogP contribution < -0.4 is 10.9 Å². The van der Waals surface area contributed by atoms with E-state index in [2.05, 4.69) is 26.0 Å². The summed E-state index contributed by atoms with van der Waals surface area (Å²) < 4.78 is 30.1. The number of rotatable bonds is 4. The van der Waals surface area contributed by atoms with Crippen LogP contribution in [0.25, 0.3) is 11.5 Å². The Hall–Kier alpha value is -3.73. The van der Waals surface area contributed by atoms with Crippen molar-refractivity contribution in [3.8, 4) is 11.5 Å². The van der Waals surface area contributed by atoms with E-state index in [1.165, 1.54) is 12.1 Å². The Bertz CT molecular complexity index is 1380. The number of hydrogen-bond donors (Lipinski definition) is 2. The molecule has 38 heavy (non-hydrogen) atoms. The number of hydrazine groups is 1. The van der Waals surface area contributed by atoms with Crippen LogP contribution in [0.2, 0.25) is 0 Å². The normalized spacial score (nSPS) is 24.9. The van der Waals surface area contributed by atoms with Gasteiger partial charge in [-0.2, -0.15) is 0 Å². The van der Waals surface area contributed by atoms with Crippen LogP contribution in [0.5, 0.6) is 0 Å². The second-order valence-electron chi connectivity index (χ2n) is 10.5. The van der Waals surface area contributed by atoms with E-state index in [0.717, 1.165) is 37.4 Å². The summed E-state index contributed by atoms with van der Waals surface area (Å²) in [5.74, 6) is -0.0988. The van der Waals surface area contributed by atoms with E-state index in [9.17, 15) is 18.4 Å². The minimum Gasteiger partial charge on any atom is -0.329 e. The highest BCUT2D eigenvalue weighted by atomic mass is 19.1. The van der Waals surface area contributed by atoms with Crippen molar-refractivity contribution in [1.29, 1.82) is 0 Å². The lowest BCUT2D eigenvalue weighted by atomic mass is 9.72. The van der Waals surface area contributed by atoms with Gasteiger partial charge in [0, 0.05) is 18.5 Å². The molecule has 2 fully saturated rings. The van der Waals surface area contributed by atoms with Crippen molar-refractivity contribution in [2.75, 3.05) is 6.54 Å². The minimum atomic E-state index is -0.574. The van der Waals surface area contributed by atoms with Crippen LogP contribution in [0.15, 0.2) is 36.5 Å². The number of fused-ring (bicyclic) bond motifs is 2. The Kier molecular flexibility index (Phi) is 6.38. The minimum absolute atomic E-state index is 0.00117. The molecule has 2 N–H and O–H groups in total. The molecule has 4 unspecified atom stereocenters. The third kappa shape index (κ3) is 4.44. The number of halogens is 2. The van der Waals surface area contributed by atoms with Crippen LogP contribution in [-0.4, -0.2) is 49.0 Å². The van der Waals surface area contributed by atoms with Gasteiger partial charge in [0.1, 0.15) is 17.3 Å². The lowest BCUT2D eigenvalue weighted by Crippen LogP contribution is -2.60. The number of pyridine rings is 1. The smallest absolute Gasteiger partial charge is 0.257 e. The van der Waals surface area contributed by atoms with Gasteiger partial charge in [0.25, 0.3) is 5.91 Å². The molecule has 11 heteroatoms. The van der Waals surface area contributed by atoms with Crippen molar-refractivity contribution < 1.29 is 18.4 Å². The number of amides is 2. The van der Waals surface area contributed by atoms with E-state index >= 15 is 0 Å². The first kappa shape index (κ1) is 24.6. The zero-order valence-electron chi connectivity index (χ0n) is 21.0. The van der Waals surface area contributed by atoms with Gasteiger partial charge in [0.15, 0.2) is 11.6 Å². The maximum atomic E-state index is 14.9. The van der Waals surface area contributed by atoms with E-state index in [1.54, 1.807) is 23.1 Å². The van der Waals surface area contributed by atoms with Crippen molar-refractivity contribution in [2.45, 2.75) is 57.7 Å². The highest BCUT2D eigenvalue weighted by Gasteiger charge is 2.40. The largest absolute Gasteiger partial charge is 0.329 e. The Labute approximate surface area is 218 Å². The number of nitrogens with one attached hydrogen (secondary N) is 2. The molecule has 1 saturated carbocycles. The zero-order chi connectivity index (χ0) is 26.4. The number of hydrogen-bond acceptors (Lipinski definition) is 6. The van der Waals surface area contributed by atoms with Gasteiger partial charge < -0.3 is 9.47 Å². The Morgan fingerprint density at radius 3 is 2.79 bits per heavy atom. The van der Waals surface area contributed by atoms with E-state index in [4.69, 9.17) is 0 Å². The lowest BCUT2D eigenvalue weighted by Gasteiger charge is -2.41. The first-order valence-corrected chi connectivity index (χ1v) is 13.1. The average Bonchev–Trinajstić information content (AvgIpc) is 3.36. The highest BCUT2D eigenvalue weighted by Crippen LogP contribution is 2.35. The molecule has 1 aromatic carbocycles. The maximum Gasteiger partial charge on any atom is 0.257 e. The standard InChI is InChI=1S/C27H29F2N7O2/c1-15-13-35(14-24-32-33-25(36(15)24)22-9-7-17(28)12-30-22)27(38)20-10-16(6-8-21(20)29)11-23-18-4-2-3-5-19(18)26(37)34-31-23/h6-10,12,15,18-19,23,31H,2-5,11,13-14H2,1H3,(H,34,37). The van der Waals surface area contributed by atoms with Crippen LogP contribution in [0.1, 0.15) is 60.4 Å². The number of aromatic nitrogens is 4. The third-order valence-electron chi connectivity index (χ3n) is 8.04. The summed E-state index contributed by atoms with van der Waals surface area (Å²) in [4.78, 5) is 31.5. The Morgan fingerprint density at radius 2 is 1.97 bits per heavy atom. The molecule has 198 valence electrons. The molecule has 1 saturated heterocycles. The predicted octanol–water partition coefficient (Wildman–Crippen LogP) is 3.19. The van der Waals surface area contributed by atoms with Gasteiger partial charge in [-0.25, -0.2) is 19.2 Å². The quantitative estimate of drug-likeness (QED) is 0.547. The second kappa shape index (κ2) is 9.86. The van der Waals surface area contributed by atoms with Crippen molar-refractivity contribution in [2.24, 2.45) is 11.8 Å². The molecule has 3 aromatic rings. The second-order valence-corrected chi connectivity index (χ2v) is 10.5. The summed E-state index contributed by atoms with van der Waals surface area (Å²) in [6.07, 6.45) is 5.72. The molecule has 6 rings (SSSR count). The Balaban J connectivity index is 1.21. The van der Waals surface area contributed by atoms with Crippen LogP contribution in [0.3, 0.4) is 0 Å². The van der Waals surface area contributed by atoms with Crippen LogP contribution in [0, 0.1) is 23.5 Å². The van der Waals surface area contributed by atoms with Gasteiger partial charge in [0.05, 0.1) is 24.3 Å². The van der Waals surface area contributed by atoms with Gasteiger partial charge >= 0.3 is 0 Å². The number of benzene rings is 1. The fraction of sp³-hybridized carbons (Fsp3) is 0.444. The molecular weight excluding hydrogens is 492 g/mol.